The Morgan fingerprint density at radius 3 is 2.27 bits per heavy atom. The van der Waals surface area contributed by atoms with Crippen LogP contribution in [0.15, 0.2) is 156 Å². The third-order valence-electron chi connectivity index (χ3n) is 10.2. The summed E-state index contributed by atoms with van der Waals surface area (Å²) in [5.41, 5.74) is 10.9. The number of para-hydroxylation sites is 1. The zero-order valence-electron chi connectivity index (χ0n) is 27.0. The molecule has 0 unspecified atom stereocenters. The van der Waals surface area contributed by atoms with Crippen LogP contribution in [0.25, 0.3) is 70.4 Å². The number of hydrogen-bond donors (Lipinski definition) is 0. The largest absolute Gasteiger partial charge is 0.456 e. The van der Waals surface area contributed by atoms with E-state index < -0.39 is 0 Å². The average molecular weight is 648 g/mol. The Labute approximate surface area is 288 Å². The number of rotatable bonds is 5. The van der Waals surface area contributed by atoms with E-state index in [4.69, 9.17) is 4.42 Å². The molecule has 0 saturated carbocycles. The molecule has 3 heteroatoms. The highest BCUT2D eigenvalue weighted by Gasteiger charge is 2.24. The summed E-state index contributed by atoms with van der Waals surface area (Å²) in [6.45, 7) is 0. The molecule has 0 radical (unpaired) electrons. The molecule has 0 amide bonds. The summed E-state index contributed by atoms with van der Waals surface area (Å²) in [7, 11) is 0. The van der Waals surface area contributed by atoms with Crippen molar-refractivity contribution in [1.29, 1.82) is 0 Å². The molecule has 2 nitrogen and oxygen atoms in total. The molecule has 0 N–H and O–H groups in total. The van der Waals surface area contributed by atoms with Crippen LogP contribution >= 0.6 is 11.3 Å². The van der Waals surface area contributed by atoms with Gasteiger partial charge in [0.25, 0.3) is 0 Å². The Morgan fingerprint density at radius 2 is 1.35 bits per heavy atom. The molecule has 2 heterocycles. The molecular formula is C46H33NOS. The van der Waals surface area contributed by atoms with E-state index in [1.807, 2.05) is 11.3 Å². The van der Waals surface area contributed by atoms with Crippen molar-refractivity contribution in [2.75, 3.05) is 4.90 Å². The molecule has 0 aliphatic heterocycles. The Kier molecular flexibility index (Phi) is 6.66. The van der Waals surface area contributed by atoms with Crippen molar-refractivity contribution < 1.29 is 4.42 Å². The number of furan rings is 1. The third-order valence-corrected chi connectivity index (χ3v) is 11.4. The lowest BCUT2D eigenvalue weighted by atomic mass is 9.93. The van der Waals surface area contributed by atoms with E-state index in [-0.39, 0.29) is 0 Å². The standard InChI is InChI=1S/C46H33NOS/c1-2-10-32-27-34(20-19-30(32)9-1)33-11-7-12-37(28-33)47(41-15-8-17-43-46(41)39-14-3-5-16-42(39)48-43)36-24-21-31(22-25-36)35-23-26-45-40(29-35)38-13-4-6-18-44(38)49-45/h1-7,9-14,16-21,23-24,26-29H,8,15,22,25H2. The highest BCUT2D eigenvalue weighted by atomic mass is 32.1. The molecule has 234 valence electrons. The second-order valence-electron chi connectivity index (χ2n) is 13.1. The third kappa shape index (κ3) is 4.84. The number of nitrogens with zero attached hydrogens (tertiary/aromatic N) is 1. The van der Waals surface area contributed by atoms with Crippen LogP contribution in [0, 0.1) is 0 Å². The van der Waals surface area contributed by atoms with Gasteiger partial charge in [-0.05, 0) is 113 Å². The summed E-state index contributed by atoms with van der Waals surface area (Å²) in [6, 6.07) is 48.7. The maximum absolute atomic E-state index is 6.43. The number of fused-ring (bicyclic) bond motifs is 7. The van der Waals surface area contributed by atoms with Crippen LogP contribution < -0.4 is 15.5 Å². The Hall–Kier alpha value is -5.64. The van der Waals surface area contributed by atoms with E-state index in [9.17, 15) is 0 Å². The predicted octanol–water partition coefficient (Wildman–Crippen LogP) is 11.6. The highest BCUT2D eigenvalue weighted by Crippen LogP contribution is 2.40. The number of allylic oxidation sites excluding steroid dienone is 4. The quantitative estimate of drug-likeness (QED) is 0.185. The van der Waals surface area contributed by atoms with Crippen LogP contribution in [0.3, 0.4) is 0 Å². The lowest BCUT2D eigenvalue weighted by molar-refractivity contribution is 0.570. The molecular weight excluding hydrogens is 615 g/mol. The summed E-state index contributed by atoms with van der Waals surface area (Å²) in [5.74, 6) is 0. The fourth-order valence-electron chi connectivity index (χ4n) is 7.86. The zero-order valence-corrected chi connectivity index (χ0v) is 27.8. The Bertz CT molecular complexity index is 2790. The van der Waals surface area contributed by atoms with Crippen LogP contribution in [0.5, 0.6) is 0 Å². The highest BCUT2D eigenvalue weighted by molar-refractivity contribution is 7.25. The van der Waals surface area contributed by atoms with Gasteiger partial charge in [-0.3, -0.25) is 0 Å². The van der Waals surface area contributed by atoms with Crippen LogP contribution in [-0.2, 0) is 0 Å². The first-order chi connectivity index (χ1) is 24.3. The number of anilines is 1. The van der Waals surface area contributed by atoms with Gasteiger partial charge in [-0.25, -0.2) is 0 Å². The fraction of sp³-hybridized carbons (Fsp3) is 0.0870. The number of benzene rings is 6. The van der Waals surface area contributed by atoms with Crippen molar-refractivity contribution in [3.8, 4) is 11.1 Å². The molecule has 10 rings (SSSR count). The van der Waals surface area contributed by atoms with Crippen LogP contribution in [0.4, 0.5) is 5.69 Å². The average Bonchev–Trinajstić information content (AvgIpc) is 3.74. The zero-order chi connectivity index (χ0) is 32.3. The smallest absolute Gasteiger partial charge is 0.135 e. The molecule has 0 fully saturated rings. The van der Waals surface area contributed by atoms with Gasteiger partial charge >= 0.3 is 0 Å². The van der Waals surface area contributed by atoms with Crippen molar-refractivity contribution in [3.05, 3.63) is 168 Å². The minimum Gasteiger partial charge on any atom is -0.456 e. The molecule has 0 atom stereocenters. The second-order valence-corrected chi connectivity index (χ2v) is 14.2. The monoisotopic (exact) mass is 647 g/mol. The molecule has 0 saturated heterocycles. The van der Waals surface area contributed by atoms with Gasteiger partial charge in [-0.15, -0.1) is 11.3 Å². The van der Waals surface area contributed by atoms with Gasteiger partial charge < -0.3 is 9.32 Å². The maximum atomic E-state index is 6.43. The molecule has 6 aromatic carbocycles. The van der Waals surface area contributed by atoms with Gasteiger partial charge in [0.2, 0.25) is 0 Å². The minimum atomic E-state index is 0.948. The molecule has 2 aliphatic rings. The molecule has 2 aromatic heterocycles. The van der Waals surface area contributed by atoms with Crippen LogP contribution in [0.2, 0.25) is 0 Å². The summed E-state index contributed by atoms with van der Waals surface area (Å²) >= 11 is 1.88. The van der Waals surface area contributed by atoms with Crippen molar-refractivity contribution in [2.24, 2.45) is 0 Å². The topological polar surface area (TPSA) is 16.4 Å². The maximum Gasteiger partial charge on any atom is 0.135 e. The van der Waals surface area contributed by atoms with E-state index in [1.165, 1.54) is 80.9 Å². The van der Waals surface area contributed by atoms with Crippen molar-refractivity contribution in [1.82, 2.24) is 0 Å². The second kappa shape index (κ2) is 11.5. The first-order valence-electron chi connectivity index (χ1n) is 17.2. The van der Waals surface area contributed by atoms with Gasteiger partial charge in [0.15, 0.2) is 0 Å². The van der Waals surface area contributed by atoms with Gasteiger partial charge in [-0.2, -0.15) is 0 Å². The minimum absolute atomic E-state index is 0.948. The molecule has 8 aromatic rings. The van der Waals surface area contributed by atoms with Gasteiger partial charge in [0, 0.05) is 47.9 Å². The summed E-state index contributed by atoms with van der Waals surface area (Å²) in [6.07, 6.45) is 10.8. The number of hydrogen-bond acceptors (Lipinski definition) is 3. The van der Waals surface area contributed by atoms with Crippen molar-refractivity contribution in [2.45, 2.75) is 25.7 Å². The predicted molar refractivity (Wildman–Crippen MR) is 209 cm³/mol. The van der Waals surface area contributed by atoms with E-state index in [1.54, 1.807) is 0 Å². The summed E-state index contributed by atoms with van der Waals surface area (Å²) < 4.78 is 9.13. The molecule has 0 bridgehead atoms. The lowest BCUT2D eigenvalue weighted by Crippen LogP contribution is -2.35. The fourth-order valence-corrected chi connectivity index (χ4v) is 8.95. The first-order valence-corrected chi connectivity index (χ1v) is 18.0. The molecule has 0 spiro atoms. The first kappa shape index (κ1) is 28.4. The van der Waals surface area contributed by atoms with Gasteiger partial charge in [-0.1, -0.05) is 97.1 Å². The summed E-state index contributed by atoms with van der Waals surface area (Å²) in [4.78, 5) is 2.54. The van der Waals surface area contributed by atoms with Gasteiger partial charge in [0.05, 0.1) is 0 Å². The van der Waals surface area contributed by atoms with Gasteiger partial charge in [0.1, 0.15) is 11.0 Å². The molecule has 49 heavy (non-hydrogen) atoms. The Morgan fingerprint density at radius 1 is 0.551 bits per heavy atom. The van der Waals surface area contributed by atoms with Crippen LogP contribution in [-0.4, -0.2) is 0 Å². The van der Waals surface area contributed by atoms with E-state index >= 15 is 0 Å². The van der Waals surface area contributed by atoms with Crippen molar-refractivity contribution in [3.63, 3.8) is 0 Å². The van der Waals surface area contributed by atoms with Crippen molar-refractivity contribution >= 4 is 76.3 Å². The van der Waals surface area contributed by atoms with E-state index in [0.717, 1.165) is 36.7 Å². The normalized spacial score (nSPS) is 14.6. The summed E-state index contributed by atoms with van der Waals surface area (Å²) in [5, 5.41) is 7.64. The number of thiophene rings is 1. The lowest BCUT2D eigenvalue weighted by Gasteiger charge is -2.33. The van der Waals surface area contributed by atoms with E-state index in [0.29, 0.717) is 0 Å². The van der Waals surface area contributed by atoms with Crippen LogP contribution in [0.1, 0.15) is 31.2 Å². The molecule has 2 aliphatic carbocycles. The Balaban J connectivity index is 1.13. The SMILES string of the molecule is C1=C(c2ccc3sc4ccccc4c3c2)CCC(N(C2=c3c(oc4ccccc34)=CCC2)c2cccc(-c3ccc4ccccc4c3)c2)=C1. The van der Waals surface area contributed by atoms with E-state index in [2.05, 4.69) is 157 Å².